The van der Waals surface area contributed by atoms with Crippen LogP contribution in [0.25, 0.3) is 0 Å². The van der Waals surface area contributed by atoms with E-state index in [0.717, 1.165) is 22.4 Å². The summed E-state index contributed by atoms with van der Waals surface area (Å²) in [6.45, 7) is 0.504. The first kappa shape index (κ1) is 23.3. The lowest BCUT2D eigenvalue weighted by molar-refractivity contribution is -0.122. The van der Waals surface area contributed by atoms with Crippen molar-refractivity contribution in [2.45, 2.75) is 25.1 Å². The average Bonchev–Trinajstić information content (AvgIpc) is 3.39. The van der Waals surface area contributed by atoms with Crippen molar-refractivity contribution in [3.05, 3.63) is 89.5 Å². The number of carbonyl (C=O) groups is 1. The maximum Gasteiger partial charge on any atom is 0.258 e. The molecule has 1 saturated heterocycles. The zero-order chi connectivity index (χ0) is 23.8. The summed E-state index contributed by atoms with van der Waals surface area (Å²) in [7, 11) is 3.15. The molecule has 1 heterocycles. The van der Waals surface area contributed by atoms with Gasteiger partial charge < -0.3 is 14.2 Å². The number of carbonyl (C=O) groups excluding carboxylic acids is 1. The Morgan fingerprint density at radius 1 is 1.00 bits per heavy atom. The predicted molar refractivity (Wildman–Crippen MR) is 130 cm³/mol. The van der Waals surface area contributed by atoms with Gasteiger partial charge in [-0.1, -0.05) is 42.5 Å². The second kappa shape index (κ2) is 11.3. The molecule has 0 saturated carbocycles. The fourth-order valence-electron chi connectivity index (χ4n) is 3.69. The molecule has 4 rings (SSSR count). The van der Waals surface area contributed by atoms with Crippen LogP contribution in [-0.2, 0) is 11.4 Å². The summed E-state index contributed by atoms with van der Waals surface area (Å²) in [4.78, 5) is 12.6. The molecule has 3 aromatic rings. The Labute approximate surface area is 198 Å². The van der Waals surface area contributed by atoms with Crippen LogP contribution >= 0.6 is 0 Å². The Morgan fingerprint density at radius 2 is 1.82 bits per heavy atom. The lowest BCUT2D eigenvalue weighted by Crippen LogP contribution is -2.41. The van der Waals surface area contributed by atoms with E-state index in [2.05, 4.69) is 21.4 Å². The standard InChI is InChI=1S/C26H28N4O4/c1-32-24-12-11-19(13-25(24)33-2)16-27-30-26(31)23-15-22(28-29-23)20-9-6-10-21(14-20)34-17-18-7-4-3-5-8-18/h3-14,16,22-23,28-29H,15,17H2,1-2H3,(H,30,31)/b27-16+. The fourth-order valence-corrected chi connectivity index (χ4v) is 3.69. The highest BCUT2D eigenvalue weighted by Gasteiger charge is 2.30. The van der Waals surface area contributed by atoms with E-state index < -0.39 is 6.04 Å². The lowest BCUT2D eigenvalue weighted by Gasteiger charge is -2.12. The summed E-state index contributed by atoms with van der Waals surface area (Å²) in [5.41, 5.74) is 11.8. The largest absolute Gasteiger partial charge is 0.493 e. The molecule has 0 spiro atoms. The van der Waals surface area contributed by atoms with Crippen LogP contribution in [0.4, 0.5) is 0 Å². The molecule has 0 bridgehead atoms. The molecule has 2 unspecified atom stereocenters. The number of ether oxygens (including phenoxy) is 3. The molecule has 1 aliphatic heterocycles. The van der Waals surface area contributed by atoms with Gasteiger partial charge in [-0.25, -0.2) is 16.3 Å². The van der Waals surface area contributed by atoms with Crippen molar-refractivity contribution in [3.8, 4) is 17.2 Å². The summed E-state index contributed by atoms with van der Waals surface area (Å²) < 4.78 is 16.4. The highest BCUT2D eigenvalue weighted by molar-refractivity contribution is 5.85. The van der Waals surface area contributed by atoms with Crippen molar-refractivity contribution in [2.24, 2.45) is 5.10 Å². The number of methoxy groups -OCH3 is 2. The molecule has 0 radical (unpaired) electrons. The first-order chi connectivity index (χ1) is 16.7. The number of nitrogens with one attached hydrogen (secondary N) is 3. The van der Waals surface area contributed by atoms with Gasteiger partial charge in [0.2, 0.25) is 0 Å². The predicted octanol–water partition coefficient (Wildman–Crippen LogP) is 3.34. The number of hydrazine groups is 1. The molecule has 1 fully saturated rings. The molecule has 2 atom stereocenters. The van der Waals surface area contributed by atoms with Crippen LogP contribution in [0, 0.1) is 0 Å². The molecule has 1 amide bonds. The van der Waals surface area contributed by atoms with Gasteiger partial charge in [0.1, 0.15) is 18.4 Å². The Kier molecular flexibility index (Phi) is 7.75. The third-order valence-electron chi connectivity index (χ3n) is 5.52. The van der Waals surface area contributed by atoms with E-state index in [1.54, 1.807) is 32.6 Å². The number of hydrazone groups is 1. The molecular formula is C26H28N4O4. The molecule has 3 N–H and O–H groups in total. The van der Waals surface area contributed by atoms with Crippen LogP contribution in [-0.4, -0.2) is 32.4 Å². The van der Waals surface area contributed by atoms with Gasteiger partial charge in [0.25, 0.3) is 5.91 Å². The molecule has 176 valence electrons. The van der Waals surface area contributed by atoms with Crippen molar-refractivity contribution < 1.29 is 19.0 Å². The van der Waals surface area contributed by atoms with Crippen LogP contribution in [0.5, 0.6) is 17.2 Å². The number of rotatable bonds is 9. The summed E-state index contributed by atoms with van der Waals surface area (Å²) in [5, 5.41) is 4.07. The van der Waals surface area contributed by atoms with E-state index in [4.69, 9.17) is 14.2 Å². The summed E-state index contributed by atoms with van der Waals surface area (Å²) >= 11 is 0. The van der Waals surface area contributed by atoms with E-state index in [0.29, 0.717) is 24.5 Å². The van der Waals surface area contributed by atoms with Crippen LogP contribution in [0.1, 0.15) is 29.2 Å². The third kappa shape index (κ3) is 5.92. The summed E-state index contributed by atoms with van der Waals surface area (Å²) in [6.07, 6.45) is 2.15. The molecule has 34 heavy (non-hydrogen) atoms. The number of benzene rings is 3. The highest BCUT2D eigenvalue weighted by Crippen LogP contribution is 2.27. The molecule has 1 aliphatic rings. The molecule has 3 aromatic carbocycles. The zero-order valence-corrected chi connectivity index (χ0v) is 19.2. The second-order valence-corrected chi connectivity index (χ2v) is 7.82. The van der Waals surface area contributed by atoms with E-state index in [-0.39, 0.29) is 11.9 Å². The third-order valence-corrected chi connectivity index (χ3v) is 5.52. The van der Waals surface area contributed by atoms with Crippen LogP contribution in [0.2, 0.25) is 0 Å². The molecule has 8 heteroatoms. The minimum atomic E-state index is -0.415. The highest BCUT2D eigenvalue weighted by atomic mass is 16.5. The smallest absolute Gasteiger partial charge is 0.258 e. The van der Waals surface area contributed by atoms with Gasteiger partial charge in [0.05, 0.1) is 20.4 Å². The van der Waals surface area contributed by atoms with Gasteiger partial charge in [-0.05, 0) is 53.4 Å². The minimum absolute atomic E-state index is 0.0224. The van der Waals surface area contributed by atoms with Crippen LogP contribution in [0.3, 0.4) is 0 Å². The Balaban J connectivity index is 1.30. The Bertz CT molecular complexity index is 1140. The average molecular weight is 461 g/mol. The van der Waals surface area contributed by atoms with Crippen molar-refractivity contribution in [3.63, 3.8) is 0 Å². The second-order valence-electron chi connectivity index (χ2n) is 7.82. The monoisotopic (exact) mass is 460 g/mol. The van der Waals surface area contributed by atoms with E-state index in [9.17, 15) is 4.79 Å². The van der Waals surface area contributed by atoms with Gasteiger partial charge in [0, 0.05) is 6.04 Å². The normalized spacial score (nSPS) is 17.5. The van der Waals surface area contributed by atoms with Gasteiger partial charge in [0.15, 0.2) is 11.5 Å². The van der Waals surface area contributed by atoms with Gasteiger partial charge in [-0.15, -0.1) is 0 Å². The minimum Gasteiger partial charge on any atom is -0.493 e. The van der Waals surface area contributed by atoms with E-state index in [1.807, 2.05) is 60.7 Å². The van der Waals surface area contributed by atoms with Crippen molar-refractivity contribution in [1.29, 1.82) is 0 Å². The SMILES string of the molecule is COc1ccc(/C=N/NC(=O)C2CC(c3cccc(OCc4ccccc4)c3)NN2)cc1OC. The van der Waals surface area contributed by atoms with E-state index in [1.165, 1.54) is 0 Å². The summed E-state index contributed by atoms with van der Waals surface area (Å²) in [5.74, 6) is 1.79. The van der Waals surface area contributed by atoms with Crippen LogP contribution in [0.15, 0.2) is 77.9 Å². The van der Waals surface area contributed by atoms with Gasteiger partial charge in [-0.3, -0.25) is 4.79 Å². The fraction of sp³-hybridized carbons (Fsp3) is 0.231. The quantitative estimate of drug-likeness (QED) is 0.335. The van der Waals surface area contributed by atoms with Gasteiger partial charge in [-0.2, -0.15) is 5.10 Å². The van der Waals surface area contributed by atoms with Crippen molar-refractivity contribution in [2.75, 3.05) is 14.2 Å². The molecule has 8 nitrogen and oxygen atoms in total. The van der Waals surface area contributed by atoms with Crippen molar-refractivity contribution in [1.82, 2.24) is 16.3 Å². The lowest BCUT2D eigenvalue weighted by atomic mass is 10.0. The maximum absolute atomic E-state index is 12.6. The first-order valence-electron chi connectivity index (χ1n) is 11.0. The Morgan fingerprint density at radius 3 is 2.62 bits per heavy atom. The van der Waals surface area contributed by atoms with Crippen LogP contribution < -0.4 is 30.5 Å². The Hall–Kier alpha value is -3.88. The number of hydrogen-bond acceptors (Lipinski definition) is 7. The van der Waals surface area contributed by atoms with E-state index >= 15 is 0 Å². The zero-order valence-electron chi connectivity index (χ0n) is 19.2. The summed E-state index contributed by atoms with van der Waals surface area (Å²) in [6, 6.07) is 22.9. The molecule has 0 aliphatic carbocycles. The topological polar surface area (TPSA) is 93.2 Å². The molecular weight excluding hydrogens is 432 g/mol. The van der Waals surface area contributed by atoms with Gasteiger partial charge >= 0.3 is 0 Å². The van der Waals surface area contributed by atoms with Crippen molar-refractivity contribution >= 4 is 12.1 Å². The maximum atomic E-state index is 12.6. The number of nitrogens with zero attached hydrogens (tertiary/aromatic N) is 1. The first-order valence-corrected chi connectivity index (χ1v) is 11.0. The molecule has 0 aromatic heterocycles. The number of amides is 1. The number of hydrogen-bond donors (Lipinski definition) is 3.